The smallest absolute Gasteiger partial charge is 0.134 e. The first-order chi connectivity index (χ1) is 10.1. The van der Waals surface area contributed by atoms with Gasteiger partial charge in [-0.15, -0.1) is 0 Å². The number of hydrogen-bond donors (Lipinski definition) is 1. The summed E-state index contributed by atoms with van der Waals surface area (Å²) in [5.41, 5.74) is 2.31. The number of benzene rings is 1. The van der Waals surface area contributed by atoms with Crippen molar-refractivity contribution >= 4 is 11.0 Å². The standard InChI is InChI=1S/C18H28N2O/c1-5-10-20(4)13-18-16(12-19-11-14(2)3)15-8-6-7-9-17(15)21-18/h6-9,14,19H,5,10-13H2,1-4H3. The minimum Gasteiger partial charge on any atom is -0.459 e. The summed E-state index contributed by atoms with van der Waals surface area (Å²) < 4.78 is 6.09. The third-order valence-electron chi connectivity index (χ3n) is 3.66. The van der Waals surface area contributed by atoms with Crippen molar-refractivity contribution in [2.75, 3.05) is 20.1 Å². The third-order valence-corrected chi connectivity index (χ3v) is 3.66. The molecule has 1 N–H and O–H groups in total. The highest BCUT2D eigenvalue weighted by Crippen LogP contribution is 2.26. The Balaban J connectivity index is 2.21. The van der Waals surface area contributed by atoms with Gasteiger partial charge in [-0.25, -0.2) is 0 Å². The minimum absolute atomic E-state index is 0.661. The molecule has 0 amide bonds. The first-order valence-electron chi connectivity index (χ1n) is 8.00. The summed E-state index contributed by atoms with van der Waals surface area (Å²) in [6.07, 6.45) is 1.16. The molecule has 0 spiro atoms. The van der Waals surface area contributed by atoms with Gasteiger partial charge in [-0.3, -0.25) is 4.90 Å². The summed E-state index contributed by atoms with van der Waals surface area (Å²) in [5.74, 6) is 1.76. The quantitative estimate of drug-likeness (QED) is 0.795. The Kier molecular flexibility index (Phi) is 5.83. The number of nitrogens with zero attached hydrogens (tertiary/aromatic N) is 1. The molecule has 2 rings (SSSR count). The topological polar surface area (TPSA) is 28.4 Å². The Labute approximate surface area is 128 Å². The van der Waals surface area contributed by atoms with Crippen molar-refractivity contribution in [1.29, 1.82) is 0 Å². The molecule has 3 nitrogen and oxygen atoms in total. The molecule has 0 unspecified atom stereocenters. The summed E-state index contributed by atoms with van der Waals surface area (Å²) in [5, 5.41) is 4.79. The number of furan rings is 1. The SMILES string of the molecule is CCCN(C)Cc1oc2ccccc2c1CNCC(C)C. The van der Waals surface area contributed by atoms with Gasteiger partial charge < -0.3 is 9.73 Å². The average Bonchev–Trinajstić information content (AvgIpc) is 2.76. The molecule has 116 valence electrons. The minimum atomic E-state index is 0.661. The van der Waals surface area contributed by atoms with Gasteiger partial charge in [0, 0.05) is 17.5 Å². The lowest BCUT2D eigenvalue weighted by Gasteiger charge is -2.15. The second kappa shape index (κ2) is 7.62. The Morgan fingerprint density at radius 3 is 2.71 bits per heavy atom. The molecule has 1 aromatic heterocycles. The van der Waals surface area contributed by atoms with Gasteiger partial charge in [-0.2, -0.15) is 0 Å². The molecule has 0 aliphatic heterocycles. The maximum Gasteiger partial charge on any atom is 0.134 e. The van der Waals surface area contributed by atoms with Crippen LogP contribution in [0.15, 0.2) is 28.7 Å². The van der Waals surface area contributed by atoms with E-state index in [1.54, 1.807) is 0 Å². The highest BCUT2D eigenvalue weighted by atomic mass is 16.3. The molecule has 0 aliphatic carbocycles. The molecule has 21 heavy (non-hydrogen) atoms. The fourth-order valence-electron chi connectivity index (χ4n) is 2.66. The molecule has 0 saturated carbocycles. The van der Waals surface area contributed by atoms with E-state index in [0.29, 0.717) is 5.92 Å². The average molecular weight is 288 g/mol. The van der Waals surface area contributed by atoms with Crippen LogP contribution in [0.5, 0.6) is 0 Å². The van der Waals surface area contributed by atoms with E-state index in [-0.39, 0.29) is 0 Å². The van der Waals surface area contributed by atoms with Crippen LogP contribution < -0.4 is 5.32 Å². The van der Waals surface area contributed by atoms with Crippen LogP contribution in [0, 0.1) is 5.92 Å². The van der Waals surface area contributed by atoms with Crippen LogP contribution in [0.4, 0.5) is 0 Å². The maximum atomic E-state index is 6.09. The fourth-order valence-corrected chi connectivity index (χ4v) is 2.66. The van der Waals surface area contributed by atoms with Crippen molar-refractivity contribution in [2.45, 2.75) is 40.3 Å². The summed E-state index contributed by atoms with van der Waals surface area (Å²) in [7, 11) is 2.15. The lowest BCUT2D eigenvalue weighted by atomic mass is 10.1. The largest absolute Gasteiger partial charge is 0.459 e. The predicted octanol–water partition coefficient (Wildman–Crippen LogP) is 4.02. The maximum absolute atomic E-state index is 6.09. The first-order valence-corrected chi connectivity index (χ1v) is 8.00. The van der Waals surface area contributed by atoms with Crippen LogP contribution in [0.3, 0.4) is 0 Å². The molecule has 0 aliphatic rings. The Morgan fingerprint density at radius 2 is 2.00 bits per heavy atom. The Bertz CT molecular complexity index is 559. The Morgan fingerprint density at radius 1 is 1.24 bits per heavy atom. The monoisotopic (exact) mass is 288 g/mol. The van der Waals surface area contributed by atoms with Gasteiger partial charge in [0.25, 0.3) is 0 Å². The van der Waals surface area contributed by atoms with Crippen molar-refractivity contribution in [2.24, 2.45) is 5.92 Å². The van der Waals surface area contributed by atoms with E-state index < -0.39 is 0 Å². The molecular weight excluding hydrogens is 260 g/mol. The number of rotatable bonds is 8. The lowest BCUT2D eigenvalue weighted by molar-refractivity contribution is 0.297. The molecule has 0 atom stereocenters. The van der Waals surface area contributed by atoms with Gasteiger partial charge in [0.15, 0.2) is 0 Å². The van der Waals surface area contributed by atoms with Crippen LogP contribution in [0.25, 0.3) is 11.0 Å². The van der Waals surface area contributed by atoms with Gasteiger partial charge in [0.05, 0.1) is 6.54 Å². The van der Waals surface area contributed by atoms with Crippen LogP contribution in [0.2, 0.25) is 0 Å². The second-order valence-corrected chi connectivity index (χ2v) is 6.26. The van der Waals surface area contributed by atoms with Gasteiger partial charge in [-0.05, 0) is 38.5 Å². The molecule has 0 radical (unpaired) electrons. The van der Waals surface area contributed by atoms with Gasteiger partial charge in [0.1, 0.15) is 11.3 Å². The van der Waals surface area contributed by atoms with Crippen molar-refractivity contribution < 1.29 is 4.42 Å². The molecular formula is C18H28N2O. The molecule has 0 bridgehead atoms. The zero-order valence-electron chi connectivity index (χ0n) is 13.8. The summed E-state index contributed by atoms with van der Waals surface area (Å²) >= 11 is 0. The summed E-state index contributed by atoms with van der Waals surface area (Å²) in [6, 6.07) is 8.35. The van der Waals surface area contributed by atoms with Crippen LogP contribution in [0.1, 0.15) is 38.5 Å². The fraction of sp³-hybridized carbons (Fsp3) is 0.556. The molecule has 1 heterocycles. The van der Waals surface area contributed by atoms with Crippen LogP contribution in [-0.2, 0) is 13.1 Å². The number of para-hydroxylation sites is 1. The van der Waals surface area contributed by atoms with E-state index in [1.165, 1.54) is 10.9 Å². The number of hydrogen-bond acceptors (Lipinski definition) is 3. The van der Waals surface area contributed by atoms with Gasteiger partial charge in [-0.1, -0.05) is 39.0 Å². The van der Waals surface area contributed by atoms with Gasteiger partial charge in [0.2, 0.25) is 0 Å². The van der Waals surface area contributed by atoms with Crippen molar-refractivity contribution in [3.8, 4) is 0 Å². The zero-order valence-corrected chi connectivity index (χ0v) is 13.8. The molecule has 1 aromatic carbocycles. The van der Waals surface area contributed by atoms with E-state index >= 15 is 0 Å². The number of fused-ring (bicyclic) bond motifs is 1. The van der Waals surface area contributed by atoms with E-state index in [9.17, 15) is 0 Å². The predicted molar refractivity (Wildman–Crippen MR) is 89.4 cm³/mol. The lowest BCUT2D eigenvalue weighted by Crippen LogP contribution is -2.22. The van der Waals surface area contributed by atoms with Gasteiger partial charge >= 0.3 is 0 Å². The molecule has 2 aromatic rings. The third kappa shape index (κ3) is 4.32. The second-order valence-electron chi connectivity index (χ2n) is 6.26. The Hall–Kier alpha value is -1.32. The van der Waals surface area contributed by atoms with Crippen molar-refractivity contribution in [3.63, 3.8) is 0 Å². The van der Waals surface area contributed by atoms with E-state index in [1.807, 2.05) is 6.07 Å². The van der Waals surface area contributed by atoms with Crippen molar-refractivity contribution in [3.05, 3.63) is 35.6 Å². The zero-order chi connectivity index (χ0) is 15.2. The van der Waals surface area contributed by atoms with E-state index in [4.69, 9.17) is 4.42 Å². The highest BCUT2D eigenvalue weighted by Gasteiger charge is 2.15. The normalized spacial score (nSPS) is 11.9. The summed E-state index contributed by atoms with van der Waals surface area (Å²) in [6.45, 7) is 10.6. The van der Waals surface area contributed by atoms with E-state index in [0.717, 1.165) is 43.9 Å². The van der Waals surface area contributed by atoms with Crippen LogP contribution in [-0.4, -0.2) is 25.0 Å². The highest BCUT2D eigenvalue weighted by molar-refractivity contribution is 5.82. The first kappa shape index (κ1) is 16.1. The van der Waals surface area contributed by atoms with Crippen LogP contribution >= 0.6 is 0 Å². The summed E-state index contributed by atoms with van der Waals surface area (Å²) in [4.78, 5) is 2.32. The molecule has 3 heteroatoms. The van der Waals surface area contributed by atoms with Crippen molar-refractivity contribution in [1.82, 2.24) is 10.2 Å². The molecule has 0 saturated heterocycles. The van der Waals surface area contributed by atoms with E-state index in [2.05, 4.69) is 56.2 Å². The number of nitrogens with one attached hydrogen (secondary N) is 1. The molecule has 0 fully saturated rings.